The van der Waals surface area contributed by atoms with E-state index in [0.717, 1.165) is 10.1 Å². The van der Waals surface area contributed by atoms with Gasteiger partial charge in [-0.2, -0.15) is 18.3 Å². The summed E-state index contributed by atoms with van der Waals surface area (Å²) in [5.74, 6) is -1.13. The molecule has 1 atom stereocenters. The van der Waals surface area contributed by atoms with Gasteiger partial charge in [0.1, 0.15) is 11.5 Å². The van der Waals surface area contributed by atoms with E-state index in [1.165, 1.54) is 19.4 Å². The Hall–Kier alpha value is -3.92. The molecule has 1 amide bonds. The van der Waals surface area contributed by atoms with Gasteiger partial charge in [-0.1, -0.05) is 60.7 Å². The predicted octanol–water partition coefficient (Wildman–Crippen LogP) is 3.90. The fourth-order valence-corrected chi connectivity index (χ4v) is 3.84. The number of hydrogen-bond acceptors (Lipinski definition) is 4. The second kappa shape index (κ2) is 9.75. The largest absolute Gasteiger partial charge is 0.424 e. The predicted molar refractivity (Wildman–Crippen MR) is 123 cm³/mol. The van der Waals surface area contributed by atoms with Crippen molar-refractivity contribution < 1.29 is 23.1 Å². The van der Waals surface area contributed by atoms with Crippen molar-refractivity contribution in [2.24, 2.45) is 7.05 Å². The molecule has 2 N–H and O–H groups in total. The number of benzene rings is 2. The van der Waals surface area contributed by atoms with Gasteiger partial charge in [-0.05, 0) is 5.56 Å². The van der Waals surface area contributed by atoms with Crippen LogP contribution in [0.3, 0.4) is 0 Å². The SMILES string of the molecule is Cn1ccnc1C(O)(CCNC(=O)c1cn(Cc2ccccc2)nc1-c1ccccc1)C(F)(F)F. The molecule has 0 saturated carbocycles. The minimum Gasteiger partial charge on any atom is -0.374 e. The van der Waals surface area contributed by atoms with Gasteiger partial charge in [0.2, 0.25) is 5.60 Å². The Kier molecular flexibility index (Phi) is 6.74. The molecule has 0 fully saturated rings. The van der Waals surface area contributed by atoms with E-state index in [0.29, 0.717) is 17.8 Å². The normalized spacial score (nSPS) is 13.4. The first-order valence-electron chi connectivity index (χ1n) is 10.9. The van der Waals surface area contributed by atoms with Crippen LogP contribution in [0.15, 0.2) is 79.3 Å². The number of imidazole rings is 1. The van der Waals surface area contributed by atoms with E-state index in [9.17, 15) is 23.1 Å². The van der Waals surface area contributed by atoms with Gasteiger partial charge < -0.3 is 15.0 Å². The Balaban J connectivity index is 1.56. The molecule has 0 saturated heterocycles. The van der Waals surface area contributed by atoms with Crippen molar-refractivity contribution in [3.63, 3.8) is 0 Å². The number of carbonyl (C=O) groups is 1. The van der Waals surface area contributed by atoms with E-state index in [-0.39, 0.29) is 5.56 Å². The van der Waals surface area contributed by atoms with Gasteiger partial charge >= 0.3 is 6.18 Å². The third-order valence-corrected chi connectivity index (χ3v) is 5.67. The molecule has 2 aromatic carbocycles. The van der Waals surface area contributed by atoms with Gasteiger partial charge in [-0.3, -0.25) is 9.48 Å². The number of alkyl halides is 3. The van der Waals surface area contributed by atoms with Crippen LogP contribution >= 0.6 is 0 Å². The summed E-state index contributed by atoms with van der Waals surface area (Å²) in [6.45, 7) is -0.0132. The summed E-state index contributed by atoms with van der Waals surface area (Å²) < 4.78 is 44.0. The number of aryl methyl sites for hydroxylation is 1. The average molecular weight is 483 g/mol. The molecule has 2 heterocycles. The number of nitrogens with one attached hydrogen (secondary N) is 1. The maximum absolute atomic E-state index is 13.8. The number of rotatable bonds is 8. The standard InChI is InChI=1S/C25H24F3N5O2/c1-32-15-14-30-23(32)24(35,25(26,27)28)12-13-29-22(34)20-17-33(16-18-8-4-2-5-9-18)31-21(20)19-10-6-3-7-11-19/h2-11,14-15,17,35H,12-13,16H2,1H3,(H,29,34). The topological polar surface area (TPSA) is 85.0 Å². The highest BCUT2D eigenvalue weighted by Gasteiger charge is 2.57. The lowest BCUT2D eigenvalue weighted by Crippen LogP contribution is -2.46. The molecule has 35 heavy (non-hydrogen) atoms. The Labute approximate surface area is 199 Å². The van der Waals surface area contributed by atoms with Gasteiger partial charge in [0.05, 0.1) is 12.1 Å². The smallest absolute Gasteiger partial charge is 0.374 e. The molecule has 0 aliphatic carbocycles. The first-order chi connectivity index (χ1) is 16.7. The maximum atomic E-state index is 13.8. The van der Waals surface area contributed by atoms with E-state index < -0.39 is 36.5 Å². The lowest BCUT2D eigenvalue weighted by Gasteiger charge is -2.29. The van der Waals surface area contributed by atoms with Crippen LogP contribution in [-0.4, -0.2) is 43.1 Å². The monoisotopic (exact) mass is 483 g/mol. The van der Waals surface area contributed by atoms with Crippen LogP contribution in [0, 0.1) is 0 Å². The summed E-state index contributed by atoms with van der Waals surface area (Å²) in [4.78, 5) is 16.7. The van der Waals surface area contributed by atoms with Crippen LogP contribution in [0.4, 0.5) is 13.2 Å². The number of hydrogen-bond donors (Lipinski definition) is 2. The van der Waals surface area contributed by atoms with E-state index >= 15 is 0 Å². The van der Waals surface area contributed by atoms with Crippen LogP contribution in [-0.2, 0) is 19.2 Å². The number of aliphatic hydroxyl groups is 1. The molecule has 0 radical (unpaired) electrons. The Morgan fingerprint density at radius 3 is 2.31 bits per heavy atom. The molecule has 7 nitrogen and oxygen atoms in total. The number of carbonyl (C=O) groups excluding carboxylic acids is 1. The Morgan fingerprint density at radius 2 is 1.71 bits per heavy atom. The second-order valence-corrected chi connectivity index (χ2v) is 8.17. The minimum atomic E-state index is -4.98. The first-order valence-corrected chi connectivity index (χ1v) is 10.9. The van der Waals surface area contributed by atoms with Gasteiger partial charge in [-0.25, -0.2) is 4.98 Å². The van der Waals surface area contributed by atoms with Crippen molar-refractivity contribution in [1.82, 2.24) is 24.6 Å². The fraction of sp³-hybridized carbons (Fsp3) is 0.240. The maximum Gasteiger partial charge on any atom is 0.424 e. The first kappa shape index (κ1) is 24.2. The molecule has 4 aromatic rings. The quantitative estimate of drug-likeness (QED) is 0.398. The summed E-state index contributed by atoms with van der Waals surface area (Å²) in [5, 5.41) is 17.6. The van der Waals surface area contributed by atoms with Crippen molar-refractivity contribution in [1.29, 1.82) is 0 Å². The highest BCUT2D eigenvalue weighted by atomic mass is 19.4. The summed E-state index contributed by atoms with van der Waals surface area (Å²) in [6.07, 6.45) is -1.71. The number of halogens is 3. The summed E-state index contributed by atoms with van der Waals surface area (Å²) in [7, 11) is 1.37. The Bertz CT molecular complexity index is 1290. The zero-order chi connectivity index (χ0) is 25.1. The van der Waals surface area contributed by atoms with Crippen LogP contribution in [0.1, 0.15) is 28.2 Å². The summed E-state index contributed by atoms with van der Waals surface area (Å²) in [5.41, 5.74) is -0.900. The molecule has 182 valence electrons. The zero-order valence-electron chi connectivity index (χ0n) is 18.9. The molecule has 0 aliphatic rings. The highest BCUT2D eigenvalue weighted by molar-refractivity contribution is 5.99. The van der Waals surface area contributed by atoms with Crippen LogP contribution in [0.5, 0.6) is 0 Å². The lowest BCUT2D eigenvalue weighted by molar-refractivity contribution is -0.272. The lowest BCUT2D eigenvalue weighted by atomic mass is 9.97. The number of amides is 1. The van der Waals surface area contributed by atoms with E-state index in [1.807, 2.05) is 48.5 Å². The van der Waals surface area contributed by atoms with Gasteiger partial charge in [0, 0.05) is 44.2 Å². The Morgan fingerprint density at radius 1 is 1.06 bits per heavy atom. The molecule has 1 unspecified atom stereocenters. The minimum absolute atomic E-state index is 0.222. The van der Waals surface area contributed by atoms with Gasteiger partial charge in [-0.15, -0.1) is 0 Å². The van der Waals surface area contributed by atoms with E-state index in [1.54, 1.807) is 23.0 Å². The van der Waals surface area contributed by atoms with Crippen molar-refractivity contribution in [2.45, 2.75) is 24.7 Å². The molecule has 10 heteroatoms. The van der Waals surface area contributed by atoms with Crippen molar-refractivity contribution in [2.75, 3.05) is 6.54 Å². The van der Waals surface area contributed by atoms with E-state index in [2.05, 4.69) is 15.4 Å². The molecular weight excluding hydrogens is 459 g/mol. The zero-order valence-corrected chi connectivity index (χ0v) is 18.9. The molecular formula is C25H24F3N5O2. The third-order valence-electron chi connectivity index (χ3n) is 5.67. The fourth-order valence-electron chi connectivity index (χ4n) is 3.84. The van der Waals surface area contributed by atoms with Crippen molar-refractivity contribution in [3.8, 4) is 11.3 Å². The molecule has 2 aromatic heterocycles. The van der Waals surface area contributed by atoms with E-state index in [4.69, 9.17) is 0 Å². The molecule has 0 aliphatic heterocycles. The van der Waals surface area contributed by atoms with Crippen LogP contribution < -0.4 is 5.32 Å². The van der Waals surface area contributed by atoms with Crippen molar-refractivity contribution >= 4 is 5.91 Å². The molecule has 0 spiro atoms. The van der Waals surface area contributed by atoms with Gasteiger partial charge in [0.15, 0.2) is 0 Å². The van der Waals surface area contributed by atoms with Crippen LogP contribution in [0.2, 0.25) is 0 Å². The number of nitrogens with zero attached hydrogens (tertiary/aromatic N) is 4. The molecule has 4 rings (SSSR count). The third kappa shape index (κ3) is 5.12. The number of aromatic nitrogens is 4. The van der Waals surface area contributed by atoms with Crippen molar-refractivity contribution in [3.05, 3.63) is 96.2 Å². The average Bonchev–Trinajstić information content (AvgIpc) is 3.46. The summed E-state index contributed by atoms with van der Waals surface area (Å²) >= 11 is 0. The summed E-state index contributed by atoms with van der Waals surface area (Å²) in [6, 6.07) is 18.6. The van der Waals surface area contributed by atoms with Crippen LogP contribution in [0.25, 0.3) is 11.3 Å². The molecule has 0 bridgehead atoms. The highest BCUT2D eigenvalue weighted by Crippen LogP contribution is 2.40. The second-order valence-electron chi connectivity index (χ2n) is 8.17. The van der Waals surface area contributed by atoms with Gasteiger partial charge in [0.25, 0.3) is 5.91 Å².